The molecule has 0 radical (unpaired) electrons. The van der Waals surface area contributed by atoms with E-state index in [-0.39, 0.29) is 29.6 Å². The van der Waals surface area contributed by atoms with Crippen LogP contribution in [0, 0.1) is 11.8 Å². The van der Waals surface area contributed by atoms with E-state index in [0.29, 0.717) is 13.1 Å². The summed E-state index contributed by atoms with van der Waals surface area (Å²) in [5.74, 6) is -0.704. The number of carbonyl (C=O) groups is 2. The lowest BCUT2D eigenvalue weighted by molar-refractivity contribution is -0.146. The Kier molecular flexibility index (Phi) is 5.17. The van der Waals surface area contributed by atoms with Gasteiger partial charge in [0.25, 0.3) is 0 Å². The minimum Gasteiger partial charge on any atom is -0.469 e. The highest BCUT2D eigenvalue weighted by Gasteiger charge is 2.40. The number of benzene rings is 2. The Balaban J connectivity index is 1.90. The summed E-state index contributed by atoms with van der Waals surface area (Å²) in [5.41, 5.74) is 1.93. The molecule has 0 N–H and O–H groups in total. The number of amides is 1. The van der Waals surface area contributed by atoms with E-state index in [2.05, 4.69) is 0 Å². The number of hydrogen-bond donors (Lipinski definition) is 0. The molecule has 2 aromatic rings. The fraction of sp³-hybridized carbons (Fsp3) is 0.333. The molecule has 3 rings (SSSR count). The summed E-state index contributed by atoms with van der Waals surface area (Å²) in [6.45, 7) is 2.99. The van der Waals surface area contributed by atoms with Crippen LogP contribution in [0.4, 0.5) is 0 Å². The Morgan fingerprint density at radius 2 is 1.48 bits per heavy atom. The van der Waals surface area contributed by atoms with Crippen LogP contribution >= 0.6 is 0 Å². The van der Waals surface area contributed by atoms with Crippen molar-refractivity contribution in [2.75, 3.05) is 20.2 Å². The van der Waals surface area contributed by atoms with Crippen LogP contribution < -0.4 is 0 Å². The maximum Gasteiger partial charge on any atom is 0.310 e. The molecule has 1 heterocycles. The summed E-state index contributed by atoms with van der Waals surface area (Å²) >= 11 is 0. The summed E-state index contributed by atoms with van der Waals surface area (Å²) < 4.78 is 4.89. The van der Waals surface area contributed by atoms with Gasteiger partial charge >= 0.3 is 5.97 Å². The average molecular weight is 337 g/mol. The van der Waals surface area contributed by atoms with Crippen LogP contribution in [0.15, 0.2) is 60.7 Å². The van der Waals surface area contributed by atoms with Crippen molar-refractivity contribution in [2.24, 2.45) is 11.8 Å². The first-order chi connectivity index (χ1) is 12.1. The van der Waals surface area contributed by atoms with Crippen LogP contribution in [0.25, 0.3) is 0 Å². The topological polar surface area (TPSA) is 46.6 Å². The first-order valence-corrected chi connectivity index (χ1v) is 8.58. The van der Waals surface area contributed by atoms with Crippen molar-refractivity contribution in [1.29, 1.82) is 0 Å². The molecule has 1 fully saturated rings. The first-order valence-electron chi connectivity index (χ1n) is 8.58. The van der Waals surface area contributed by atoms with Gasteiger partial charge in [0.1, 0.15) is 0 Å². The zero-order chi connectivity index (χ0) is 17.8. The van der Waals surface area contributed by atoms with Crippen molar-refractivity contribution in [1.82, 2.24) is 4.90 Å². The molecule has 0 unspecified atom stereocenters. The van der Waals surface area contributed by atoms with E-state index in [1.165, 1.54) is 7.11 Å². The number of carbonyl (C=O) groups excluding carboxylic acids is 2. The first kappa shape index (κ1) is 17.2. The minimum absolute atomic E-state index is 0.0376. The summed E-state index contributed by atoms with van der Waals surface area (Å²) in [7, 11) is 1.40. The highest BCUT2D eigenvalue weighted by Crippen LogP contribution is 2.31. The third kappa shape index (κ3) is 3.58. The van der Waals surface area contributed by atoms with Gasteiger partial charge in [0.05, 0.1) is 18.9 Å². The van der Waals surface area contributed by atoms with E-state index < -0.39 is 0 Å². The lowest BCUT2D eigenvalue weighted by Gasteiger charge is -2.24. The number of rotatable bonds is 4. The molecular formula is C21H23NO3. The summed E-state index contributed by atoms with van der Waals surface area (Å²) in [6.07, 6.45) is 0. The van der Waals surface area contributed by atoms with Crippen LogP contribution in [0.3, 0.4) is 0 Å². The zero-order valence-corrected chi connectivity index (χ0v) is 14.6. The molecule has 25 heavy (non-hydrogen) atoms. The van der Waals surface area contributed by atoms with Gasteiger partial charge in [0, 0.05) is 13.1 Å². The van der Waals surface area contributed by atoms with Crippen molar-refractivity contribution < 1.29 is 14.3 Å². The fourth-order valence-corrected chi connectivity index (χ4v) is 3.56. The second-order valence-corrected chi connectivity index (χ2v) is 6.60. The Hall–Kier alpha value is -2.62. The second-order valence-electron chi connectivity index (χ2n) is 6.60. The molecule has 1 aliphatic rings. The molecule has 2 aromatic carbocycles. The Morgan fingerprint density at radius 3 is 1.96 bits per heavy atom. The van der Waals surface area contributed by atoms with Gasteiger partial charge in [0.2, 0.25) is 5.91 Å². The SMILES string of the molecule is COC(=O)[C@H]1CN(C(=O)C(c2ccccc2)c2ccccc2)C[C@@H]1C. The van der Waals surface area contributed by atoms with Crippen LogP contribution in [0.1, 0.15) is 24.0 Å². The van der Waals surface area contributed by atoms with Crippen LogP contribution in [0.2, 0.25) is 0 Å². The smallest absolute Gasteiger partial charge is 0.310 e. The van der Waals surface area contributed by atoms with Crippen molar-refractivity contribution in [3.63, 3.8) is 0 Å². The van der Waals surface area contributed by atoms with Gasteiger partial charge in [-0.05, 0) is 17.0 Å². The van der Waals surface area contributed by atoms with Crippen LogP contribution in [-0.4, -0.2) is 37.0 Å². The van der Waals surface area contributed by atoms with Gasteiger partial charge in [-0.25, -0.2) is 0 Å². The fourth-order valence-electron chi connectivity index (χ4n) is 3.56. The van der Waals surface area contributed by atoms with Gasteiger partial charge in [0.15, 0.2) is 0 Å². The molecule has 0 saturated carbocycles. The second kappa shape index (κ2) is 7.51. The monoisotopic (exact) mass is 337 g/mol. The molecule has 130 valence electrons. The highest BCUT2D eigenvalue weighted by molar-refractivity contribution is 5.88. The largest absolute Gasteiger partial charge is 0.469 e. The van der Waals surface area contributed by atoms with Crippen molar-refractivity contribution in [3.8, 4) is 0 Å². The number of esters is 1. The van der Waals surface area contributed by atoms with Crippen molar-refractivity contribution in [3.05, 3.63) is 71.8 Å². The van der Waals surface area contributed by atoms with Gasteiger partial charge in [-0.15, -0.1) is 0 Å². The maximum atomic E-state index is 13.3. The lowest BCUT2D eigenvalue weighted by Crippen LogP contribution is -2.34. The van der Waals surface area contributed by atoms with Gasteiger partial charge in [-0.1, -0.05) is 67.6 Å². The third-order valence-corrected chi connectivity index (χ3v) is 4.94. The molecule has 4 heteroatoms. The third-order valence-electron chi connectivity index (χ3n) is 4.94. The van der Waals surface area contributed by atoms with Crippen LogP contribution in [0.5, 0.6) is 0 Å². The molecule has 0 spiro atoms. The minimum atomic E-state index is -0.356. The molecular weight excluding hydrogens is 314 g/mol. The van der Waals surface area contributed by atoms with Gasteiger partial charge < -0.3 is 9.64 Å². The van der Waals surface area contributed by atoms with Gasteiger partial charge in [-0.2, -0.15) is 0 Å². The van der Waals surface area contributed by atoms with E-state index >= 15 is 0 Å². The molecule has 1 amide bonds. The quantitative estimate of drug-likeness (QED) is 0.806. The lowest BCUT2D eigenvalue weighted by atomic mass is 9.90. The van der Waals surface area contributed by atoms with E-state index in [1.54, 1.807) is 4.90 Å². The van der Waals surface area contributed by atoms with Crippen molar-refractivity contribution in [2.45, 2.75) is 12.8 Å². The maximum absolute atomic E-state index is 13.3. The predicted molar refractivity (Wildman–Crippen MR) is 96.0 cm³/mol. The van der Waals surface area contributed by atoms with E-state index in [4.69, 9.17) is 4.74 Å². The van der Waals surface area contributed by atoms with E-state index in [0.717, 1.165) is 11.1 Å². The van der Waals surface area contributed by atoms with Crippen LogP contribution in [-0.2, 0) is 14.3 Å². The molecule has 1 saturated heterocycles. The number of likely N-dealkylation sites (tertiary alicyclic amines) is 1. The summed E-state index contributed by atoms with van der Waals surface area (Å²) in [6, 6.07) is 19.6. The number of methoxy groups -OCH3 is 1. The number of nitrogens with zero attached hydrogens (tertiary/aromatic N) is 1. The Bertz CT molecular complexity index is 690. The summed E-state index contributed by atoms with van der Waals surface area (Å²) in [5, 5.41) is 0. The molecule has 0 aromatic heterocycles. The van der Waals surface area contributed by atoms with Crippen molar-refractivity contribution >= 4 is 11.9 Å². The normalized spacial score (nSPS) is 19.9. The summed E-state index contributed by atoms with van der Waals surface area (Å²) in [4.78, 5) is 27.1. The molecule has 0 aliphatic carbocycles. The van der Waals surface area contributed by atoms with E-state index in [9.17, 15) is 9.59 Å². The number of hydrogen-bond acceptors (Lipinski definition) is 3. The standard InChI is InChI=1S/C21H23NO3/c1-15-13-22(14-18(15)21(24)25-2)20(23)19(16-9-5-3-6-10-16)17-11-7-4-8-12-17/h3-12,15,18-19H,13-14H2,1-2H3/t15-,18-/m0/s1. The molecule has 1 aliphatic heterocycles. The average Bonchev–Trinajstić information content (AvgIpc) is 3.05. The molecule has 2 atom stereocenters. The Labute approximate surface area is 148 Å². The molecule has 0 bridgehead atoms. The Morgan fingerprint density at radius 1 is 0.960 bits per heavy atom. The molecule has 4 nitrogen and oxygen atoms in total. The number of ether oxygens (including phenoxy) is 1. The van der Waals surface area contributed by atoms with Gasteiger partial charge in [-0.3, -0.25) is 9.59 Å². The zero-order valence-electron chi connectivity index (χ0n) is 14.6. The van der Waals surface area contributed by atoms with E-state index in [1.807, 2.05) is 67.6 Å². The highest BCUT2D eigenvalue weighted by atomic mass is 16.5. The predicted octanol–water partition coefficient (Wildman–Crippen LogP) is 3.09.